The second-order valence-electron chi connectivity index (χ2n) is 6.52. The first-order chi connectivity index (χ1) is 14.0. The smallest absolute Gasteiger partial charge is 0.257 e. The summed E-state index contributed by atoms with van der Waals surface area (Å²) in [6.07, 6.45) is 4.18. The Balaban J connectivity index is 1.73. The summed E-state index contributed by atoms with van der Waals surface area (Å²) in [4.78, 5) is 27.8. The highest BCUT2D eigenvalue weighted by atomic mass is 32.2. The molecule has 0 saturated heterocycles. The minimum absolute atomic E-state index is 0.0405. The molecule has 0 unspecified atom stereocenters. The van der Waals surface area contributed by atoms with Crippen molar-refractivity contribution in [3.05, 3.63) is 72.1 Å². The van der Waals surface area contributed by atoms with Gasteiger partial charge in [0.25, 0.3) is 5.91 Å². The average molecular weight is 409 g/mol. The number of benzene rings is 2. The van der Waals surface area contributed by atoms with Gasteiger partial charge in [-0.2, -0.15) is 5.10 Å². The monoisotopic (exact) mass is 408 g/mol. The molecule has 6 nitrogen and oxygen atoms in total. The molecular formula is C22H24N4O2S. The van der Waals surface area contributed by atoms with Crippen LogP contribution >= 0.6 is 11.8 Å². The number of rotatable bonds is 7. The third kappa shape index (κ3) is 4.68. The summed E-state index contributed by atoms with van der Waals surface area (Å²) in [5.41, 5.74) is 2.98. The van der Waals surface area contributed by atoms with Gasteiger partial charge in [0.1, 0.15) is 0 Å². The van der Waals surface area contributed by atoms with Crippen LogP contribution in [0.15, 0.2) is 65.7 Å². The first-order valence-corrected chi connectivity index (χ1v) is 10.6. The molecule has 1 N–H and O–H groups in total. The molecule has 1 aromatic heterocycles. The molecular weight excluding hydrogens is 384 g/mol. The number of carbonyl (C=O) groups is 2. The van der Waals surface area contributed by atoms with Crippen LogP contribution in [0.3, 0.4) is 0 Å². The van der Waals surface area contributed by atoms with E-state index in [1.165, 1.54) is 4.90 Å². The van der Waals surface area contributed by atoms with Crippen molar-refractivity contribution < 1.29 is 9.59 Å². The molecule has 0 radical (unpaired) electrons. The Morgan fingerprint density at radius 2 is 1.79 bits per heavy atom. The van der Waals surface area contributed by atoms with E-state index in [0.29, 0.717) is 12.0 Å². The minimum atomic E-state index is -0.240. The Hall–Kier alpha value is -3.06. The molecule has 1 heterocycles. The summed E-state index contributed by atoms with van der Waals surface area (Å²) in [7, 11) is 1.63. The van der Waals surface area contributed by atoms with Gasteiger partial charge < -0.3 is 10.2 Å². The van der Waals surface area contributed by atoms with Gasteiger partial charge in [-0.1, -0.05) is 37.3 Å². The van der Waals surface area contributed by atoms with Crippen molar-refractivity contribution in [3.8, 4) is 5.69 Å². The first kappa shape index (κ1) is 20.7. The molecule has 3 aromatic rings. The van der Waals surface area contributed by atoms with Gasteiger partial charge in [-0.25, -0.2) is 4.68 Å². The van der Waals surface area contributed by atoms with Crippen molar-refractivity contribution >= 4 is 29.3 Å². The van der Waals surface area contributed by atoms with Crippen molar-refractivity contribution in [1.29, 1.82) is 0 Å². The van der Waals surface area contributed by atoms with Crippen LogP contribution in [0.4, 0.5) is 5.69 Å². The molecule has 0 fully saturated rings. The van der Waals surface area contributed by atoms with Crippen molar-refractivity contribution in [2.45, 2.75) is 18.2 Å². The third-order valence-electron chi connectivity index (χ3n) is 4.54. The zero-order chi connectivity index (χ0) is 20.8. The van der Waals surface area contributed by atoms with Crippen LogP contribution in [0.25, 0.3) is 5.69 Å². The van der Waals surface area contributed by atoms with Crippen LogP contribution in [0.5, 0.6) is 0 Å². The van der Waals surface area contributed by atoms with E-state index in [0.717, 1.165) is 22.0 Å². The standard InChI is InChI=1S/C22H24N4O2S/c1-4-19-17(14-23-26(19)16-10-6-5-7-11-16)22(28)25(2)15-21(27)24-18-12-8-9-13-20(18)29-3/h5-14H,4,15H2,1-3H3,(H,24,27). The molecule has 2 aromatic carbocycles. The summed E-state index contributed by atoms with van der Waals surface area (Å²) in [6.45, 7) is 1.94. The topological polar surface area (TPSA) is 67.2 Å². The molecule has 0 saturated carbocycles. The molecule has 0 aliphatic heterocycles. The minimum Gasteiger partial charge on any atom is -0.332 e. The van der Waals surface area contributed by atoms with Gasteiger partial charge in [-0.05, 0) is 36.9 Å². The van der Waals surface area contributed by atoms with Crippen LogP contribution in [0.2, 0.25) is 0 Å². The summed E-state index contributed by atoms with van der Waals surface area (Å²) >= 11 is 1.56. The maximum Gasteiger partial charge on any atom is 0.257 e. The van der Waals surface area contributed by atoms with Gasteiger partial charge in [-0.15, -0.1) is 11.8 Å². The summed E-state index contributed by atoms with van der Waals surface area (Å²) in [6, 6.07) is 17.3. The average Bonchev–Trinajstić information content (AvgIpc) is 3.18. The van der Waals surface area contributed by atoms with Crippen LogP contribution in [0, 0.1) is 0 Å². The van der Waals surface area contributed by atoms with E-state index >= 15 is 0 Å². The van der Waals surface area contributed by atoms with Gasteiger partial charge in [0.2, 0.25) is 5.91 Å². The lowest BCUT2D eigenvalue weighted by Crippen LogP contribution is -2.35. The lowest BCUT2D eigenvalue weighted by molar-refractivity contribution is -0.116. The molecule has 0 bridgehead atoms. The Labute approximate surface area is 174 Å². The molecule has 2 amide bonds. The second-order valence-corrected chi connectivity index (χ2v) is 7.36. The van der Waals surface area contributed by atoms with Crippen molar-refractivity contribution in [1.82, 2.24) is 14.7 Å². The second kappa shape index (κ2) is 9.43. The lowest BCUT2D eigenvalue weighted by atomic mass is 10.1. The predicted octanol–water partition coefficient (Wildman–Crippen LogP) is 3.87. The van der Waals surface area contributed by atoms with E-state index in [1.807, 2.05) is 67.8 Å². The van der Waals surface area contributed by atoms with Crippen LogP contribution in [-0.4, -0.2) is 46.3 Å². The van der Waals surface area contributed by atoms with Crippen molar-refractivity contribution in [2.75, 3.05) is 25.2 Å². The fraction of sp³-hybridized carbons (Fsp3) is 0.227. The number of hydrogen-bond donors (Lipinski definition) is 1. The molecule has 150 valence electrons. The fourth-order valence-electron chi connectivity index (χ4n) is 3.11. The largest absolute Gasteiger partial charge is 0.332 e. The molecule has 0 spiro atoms. The highest BCUT2D eigenvalue weighted by Crippen LogP contribution is 2.24. The molecule has 0 aliphatic carbocycles. The van der Waals surface area contributed by atoms with E-state index in [9.17, 15) is 9.59 Å². The number of aromatic nitrogens is 2. The quantitative estimate of drug-likeness (QED) is 0.603. The molecule has 7 heteroatoms. The number of para-hydroxylation sites is 2. The van der Waals surface area contributed by atoms with Gasteiger partial charge in [0.05, 0.1) is 35.4 Å². The van der Waals surface area contributed by atoms with Gasteiger partial charge >= 0.3 is 0 Å². The number of nitrogens with one attached hydrogen (secondary N) is 1. The van der Waals surface area contributed by atoms with Crippen LogP contribution in [0.1, 0.15) is 23.0 Å². The Morgan fingerprint density at radius 1 is 1.10 bits per heavy atom. The molecule has 0 aliphatic rings. The highest BCUT2D eigenvalue weighted by Gasteiger charge is 2.22. The van der Waals surface area contributed by atoms with Gasteiger partial charge in [0, 0.05) is 11.9 Å². The lowest BCUT2D eigenvalue weighted by Gasteiger charge is -2.18. The highest BCUT2D eigenvalue weighted by molar-refractivity contribution is 7.98. The predicted molar refractivity (Wildman–Crippen MR) is 117 cm³/mol. The molecule has 29 heavy (non-hydrogen) atoms. The summed E-state index contributed by atoms with van der Waals surface area (Å²) in [5, 5.41) is 7.28. The zero-order valence-electron chi connectivity index (χ0n) is 16.8. The van der Waals surface area contributed by atoms with E-state index in [1.54, 1.807) is 29.7 Å². The number of amides is 2. The fourth-order valence-corrected chi connectivity index (χ4v) is 3.67. The van der Waals surface area contributed by atoms with Crippen LogP contribution < -0.4 is 5.32 Å². The van der Waals surface area contributed by atoms with Crippen LogP contribution in [-0.2, 0) is 11.2 Å². The number of hydrogen-bond acceptors (Lipinski definition) is 4. The number of thioether (sulfide) groups is 1. The SMILES string of the molecule is CCc1c(C(=O)N(C)CC(=O)Nc2ccccc2SC)cnn1-c1ccccc1. The Morgan fingerprint density at radius 3 is 2.48 bits per heavy atom. The zero-order valence-corrected chi connectivity index (χ0v) is 17.6. The number of likely N-dealkylation sites (N-methyl/N-ethyl adjacent to an activating group) is 1. The number of nitrogens with zero attached hydrogens (tertiary/aromatic N) is 3. The maximum absolute atomic E-state index is 13.0. The number of anilines is 1. The molecule has 0 atom stereocenters. The van der Waals surface area contributed by atoms with E-state index in [2.05, 4.69) is 10.4 Å². The van der Waals surface area contributed by atoms with Crippen molar-refractivity contribution in [2.24, 2.45) is 0 Å². The summed E-state index contributed by atoms with van der Waals surface area (Å²) < 4.78 is 1.77. The van der Waals surface area contributed by atoms with Gasteiger partial charge in [0.15, 0.2) is 0 Å². The normalized spacial score (nSPS) is 10.6. The first-order valence-electron chi connectivity index (χ1n) is 9.35. The van der Waals surface area contributed by atoms with E-state index < -0.39 is 0 Å². The van der Waals surface area contributed by atoms with Crippen molar-refractivity contribution in [3.63, 3.8) is 0 Å². The van der Waals surface area contributed by atoms with Gasteiger partial charge in [-0.3, -0.25) is 9.59 Å². The Kier molecular flexibility index (Phi) is 6.72. The number of carbonyl (C=O) groups excluding carboxylic acids is 2. The summed E-state index contributed by atoms with van der Waals surface area (Å²) in [5.74, 6) is -0.465. The Bertz CT molecular complexity index is 1000. The molecule has 3 rings (SSSR count). The third-order valence-corrected chi connectivity index (χ3v) is 5.34. The van der Waals surface area contributed by atoms with E-state index in [4.69, 9.17) is 0 Å². The maximum atomic E-state index is 13.0. The van der Waals surface area contributed by atoms with E-state index in [-0.39, 0.29) is 18.4 Å².